The highest BCUT2D eigenvalue weighted by Crippen LogP contribution is 2.64. The van der Waals surface area contributed by atoms with Gasteiger partial charge in [0.25, 0.3) is 5.92 Å². The molecule has 2 fully saturated rings. The average Bonchev–Trinajstić information content (AvgIpc) is 2.38. The van der Waals surface area contributed by atoms with Gasteiger partial charge in [-0.1, -0.05) is 13.8 Å². The van der Waals surface area contributed by atoms with Crippen LogP contribution >= 0.6 is 0 Å². The van der Waals surface area contributed by atoms with Crippen molar-refractivity contribution >= 4 is 0 Å². The number of hydrogen-bond acceptors (Lipinski definition) is 1. The van der Waals surface area contributed by atoms with Gasteiger partial charge in [-0.3, -0.25) is 0 Å². The molecule has 1 heterocycles. The van der Waals surface area contributed by atoms with E-state index < -0.39 is 11.3 Å². The van der Waals surface area contributed by atoms with E-state index in [-0.39, 0.29) is 6.42 Å². The van der Waals surface area contributed by atoms with E-state index in [1.54, 1.807) is 0 Å². The van der Waals surface area contributed by atoms with Gasteiger partial charge < -0.3 is 4.90 Å². The van der Waals surface area contributed by atoms with Crippen molar-refractivity contribution in [1.29, 1.82) is 0 Å². The smallest absolute Gasteiger partial charge is 0.255 e. The van der Waals surface area contributed by atoms with E-state index in [2.05, 4.69) is 0 Å². The Balaban J connectivity index is 0.000000336. The number of hydrogen-bond donors (Lipinski definition) is 0. The second-order valence-corrected chi connectivity index (χ2v) is 3.65. The third kappa shape index (κ3) is 1.35. The summed E-state index contributed by atoms with van der Waals surface area (Å²) in [6, 6.07) is 0. The highest BCUT2D eigenvalue weighted by molar-refractivity contribution is 5.13. The van der Waals surface area contributed by atoms with Crippen molar-refractivity contribution in [2.45, 2.75) is 32.6 Å². The quantitative estimate of drug-likeness (QED) is 0.549. The van der Waals surface area contributed by atoms with Gasteiger partial charge in [-0.15, -0.1) is 0 Å². The van der Waals surface area contributed by atoms with Crippen LogP contribution in [0.2, 0.25) is 0 Å². The normalized spacial score (nSPS) is 37.8. The Hall–Kier alpha value is -0.180. The summed E-state index contributed by atoms with van der Waals surface area (Å²) >= 11 is 0. The molecule has 0 radical (unpaired) electrons. The predicted molar refractivity (Wildman–Crippen MR) is 45.5 cm³/mol. The molecule has 1 aliphatic carbocycles. The van der Waals surface area contributed by atoms with Crippen LogP contribution in [0.5, 0.6) is 0 Å². The van der Waals surface area contributed by atoms with Gasteiger partial charge in [0.1, 0.15) is 0 Å². The van der Waals surface area contributed by atoms with Crippen LogP contribution in [0.25, 0.3) is 0 Å². The maximum absolute atomic E-state index is 12.6. The summed E-state index contributed by atoms with van der Waals surface area (Å²) in [6.45, 7) is 5.44. The lowest BCUT2D eigenvalue weighted by atomic mass is 10.1. The van der Waals surface area contributed by atoms with Crippen LogP contribution in [0.1, 0.15) is 26.7 Å². The molecule has 0 aromatic carbocycles. The highest BCUT2D eigenvalue weighted by atomic mass is 19.3. The van der Waals surface area contributed by atoms with Gasteiger partial charge in [-0.05, 0) is 20.0 Å². The molecule has 1 spiro atoms. The molecule has 3 heteroatoms. The molecule has 0 N–H and O–H groups in total. The molecule has 2 aliphatic rings. The molecular weight excluding hydrogens is 160 g/mol. The lowest BCUT2D eigenvalue weighted by Crippen LogP contribution is -2.17. The summed E-state index contributed by atoms with van der Waals surface area (Å²) in [5.74, 6) is -2.34. The summed E-state index contributed by atoms with van der Waals surface area (Å²) in [7, 11) is 1.91. The maximum atomic E-state index is 12.6. The first-order valence-corrected chi connectivity index (χ1v) is 4.62. The second-order valence-electron chi connectivity index (χ2n) is 3.65. The third-order valence-corrected chi connectivity index (χ3v) is 2.76. The topological polar surface area (TPSA) is 3.24 Å². The minimum atomic E-state index is -2.34. The fraction of sp³-hybridized carbons (Fsp3) is 1.00. The van der Waals surface area contributed by atoms with Crippen molar-refractivity contribution in [3.05, 3.63) is 0 Å². The average molecular weight is 177 g/mol. The molecule has 1 nitrogen and oxygen atoms in total. The second kappa shape index (κ2) is 2.95. The summed E-state index contributed by atoms with van der Waals surface area (Å²) in [4.78, 5) is 1.99. The molecule has 1 saturated heterocycles. The zero-order chi connectivity index (χ0) is 9.41. The molecule has 0 bridgehead atoms. The van der Waals surface area contributed by atoms with Crippen molar-refractivity contribution in [3.8, 4) is 0 Å². The van der Waals surface area contributed by atoms with E-state index in [1.165, 1.54) is 0 Å². The van der Waals surface area contributed by atoms with E-state index >= 15 is 0 Å². The standard InChI is InChI=1S/C7H11F2N.C2H6/c1-10-3-2-6(5-10)4-7(6,8)9;1-2/h2-5H2,1H3;1-2H3. The van der Waals surface area contributed by atoms with Crippen LogP contribution in [-0.4, -0.2) is 31.0 Å². The zero-order valence-electron chi connectivity index (χ0n) is 8.03. The Morgan fingerprint density at radius 2 is 1.75 bits per heavy atom. The number of halogens is 2. The molecule has 0 amide bonds. The number of alkyl halides is 2. The Morgan fingerprint density at radius 1 is 1.25 bits per heavy atom. The summed E-state index contributed by atoms with van der Waals surface area (Å²) in [5.41, 5.74) is -0.595. The number of likely N-dealkylation sites (tertiary alicyclic amines) is 1. The van der Waals surface area contributed by atoms with Gasteiger partial charge in [0.2, 0.25) is 0 Å². The maximum Gasteiger partial charge on any atom is 0.255 e. The van der Waals surface area contributed by atoms with E-state index in [0.29, 0.717) is 13.0 Å². The largest absolute Gasteiger partial charge is 0.306 e. The first-order chi connectivity index (χ1) is 5.56. The van der Waals surface area contributed by atoms with Gasteiger partial charge in [0.05, 0.1) is 5.41 Å². The third-order valence-electron chi connectivity index (χ3n) is 2.76. The highest BCUT2D eigenvalue weighted by Gasteiger charge is 2.72. The van der Waals surface area contributed by atoms with Crippen LogP contribution < -0.4 is 0 Å². The minimum Gasteiger partial charge on any atom is -0.306 e. The minimum absolute atomic E-state index is 0.129. The zero-order valence-corrected chi connectivity index (χ0v) is 8.03. The Kier molecular flexibility index (Phi) is 2.43. The fourth-order valence-corrected chi connectivity index (χ4v) is 1.90. The predicted octanol–water partition coefficient (Wildman–Crippen LogP) is 2.37. The monoisotopic (exact) mass is 177 g/mol. The van der Waals surface area contributed by atoms with Gasteiger partial charge in [0.15, 0.2) is 0 Å². The van der Waals surface area contributed by atoms with Crippen LogP contribution in [-0.2, 0) is 0 Å². The van der Waals surface area contributed by atoms with Crippen molar-refractivity contribution in [2.75, 3.05) is 20.1 Å². The van der Waals surface area contributed by atoms with Gasteiger partial charge in [-0.25, -0.2) is 8.78 Å². The molecule has 0 aromatic heterocycles. The molecule has 1 unspecified atom stereocenters. The fourth-order valence-electron chi connectivity index (χ4n) is 1.90. The van der Waals surface area contributed by atoms with Crippen LogP contribution in [0.15, 0.2) is 0 Å². The molecular formula is C9H17F2N. The summed E-state index contributed by atoms with van der Waals surface area (Å²) in [6.07, 6.45) is 0.820. The Morgan fingerprint density at radius 3 is 1.92 bits per heavy atom. The molecule has 2 rings (SSSR count). The van der Waals surface area contributed by atoms with E-state index in [9.17, 15) is 8.78 Å². The SMILES string of the molecule is CC.CN1CCC2(C1)CC2(F)F. The van der Waals surface area contributed by atoms with Crippen molar-refractivity contribution in [1.82, 2.24) is 4.90 Å². The first-order valence-electron chi connectivity index (χ1n) is 4.62. The summed E-state index contributed by atoms with van der Waals surface area (Å²) in [5, 5.41) is 0. The Labute approximate surface area is 72.7 Å². The van der Waals surface area contributed by atoms with Gasteiger partial charge in [0, 0.05) is 13.0 Å². The van der Waals surface area contributed by atoms with E-state index in [0.717, 1.165) is 6.54 Å². The molecule has 1 aliphatic heterocycles. The van der Waals surface area contributed by atoms with E-state index in [4.69, 9.17) is 0 Å². The van der Waals surface area contributed by atoms with Crippen molar-refractivity contribution < 1.29 is 8.78 Å². The van der Waals surface area contributed by atoms with Crippen LogP contribution in [0, 0.1) is 5.41 Å². The lowest BCUT2D eigenvalue weighted by molar-refractivity contribution is 0.0673. The van der Waals surface area contributed by atoms with Gasteiger partial charge >= 0.3 is 0 Å². The summed E-state index contributed by atoms with van der Waals surface area (Å²) < 4.78 is 25.3. The molecule has 12 heavy (non-hydrogen) atoms. The lowest BCUT2D eigenvalue weighted by Gasteiger charge is -2.07. The van der Waals surface area contributed by atoms with E-state index in [1.807, 2.05) is 25.8 Å². The Bertz CT molecular complexity index is 170. The van der Waals surface area contributed by atoms with Crippen LogP contribution in [0.3, 0.4) is 0 Å². The molecule has 72 valence electrons. The van der Waals surface area contributed by atoms with Gasteiger partial charge in [-0.2, -0.15) is 0 Å². The van der Waals surface area contributed by atoms with Crippen molar-refractivity contribution in [2.24, 2.45) is 5.41 Å². The molecule has 0 aromatic rings. The molecule has 1 atom stereocenters. The van der Waals surface area contributed by atoms with Crippen molar-refractivity contribution in [3.63, 3.8) is 0 Å². The molecule has 1 saturated carbocycles. The van der Waals surface area contributed by atoms with Crippen LogP contribution in [0.4, 0.5) is 8.78 Å². The number of nitrogens with zero attached hydrogens (tertiary/aromatic N) is 1. The number of rotatable bonds is 0. The first kappa shape index (κ1) is 9.90.